The number of ether oxygens (including phenoxy) is 3. The summed E-state index contributed by atoms with van der Waals surface area (Å²) in [6.45, 7) is 3.94. The van der Waals surface area contributed by atoms with Gasteiger partial charge < -0.3 is 24.8 Å². The van der Waals surface area contributed by atoms with Gasteiger partial charge in [0.2, 0.25) is 5.95 Å². The van der Waals surface area contributed by atoms with Crippen molar-refractivity contribution in [2.24, 2.45) is 5.92 Å². The maximum Gasteiger partial charge on any atom is 0.408 e. The van der Waals surface area contributed by atoms with Crippen LogP contribution in [0.1, 0.15) is 36.8 Å². The molecule has 0 radical (unpaired) electrons. The number of hydrogen-bond donors (Lipinski definition) is 3. The number of imidazole rings is 1. The number of aromatic nitrogens is 5. The molecule has 0 unspecified atom stereocenters. The average Bonchev–Trinajstić information content (AvgIpc) is 3.56. The van der Waals surface area contributed by atoms with Crippen LogP contribution in [0.4, 0.5) is 21.0 Å². The lowest BCUT2D eigenvalue weighted by Crippen LogP contribution is -2.68. The molecule has 12 nitrogen and oxygen atoms in total. The highest BCUT2D eigenvalue weighted by molar-refractivity contribution is 5.69. The lowest BCUT2D eigenvalue weighted by Gasteiger charge is -2.61. The van der Waals surface area contributed by atoms with Crippen molar-refractivity contribution in [1.82, 2.24) is 34.8 Å². The van der Waals surface area contributed by atoms with Gasteiger partial charge in [-0.3, -0.25) is 14.4 Å². The molecule has 5 heterocycles. The van der Waals surface area contributed by atoms with E-state index in [1.165, 1.54) is 0 Å². The van der Waals surface area contributed by atoms with Crippen LogP contribution in [0.15, 0.2) is 24.5 Å². The van der Waals surface area contributed by atoms with E-state index in [1.54, 1.807) is 12.3 Å². The van der Waals surface area contributed by atoms with Gasteiger partial charge in [-0.25, -0.2) is 19.2 Å². The maximum absolute atomic E-state index is 15.1. The van der Waals surface area contributed by atoms with E-state index < -0.39 is 24.5 Å². The number of nitrogens with zero attached hydrogens (tertiary/aromatic N) is 5. The van der Waals surface area contributed by atoms with Crippen LogP contribution in [-0.2, 0) is 20.8 Å². The van der Waals surface area contributed by atoms with Crippen molar-refractivity contribution in [3.05, 3.63) is 35.9 Å². The Morgan fingerprint density at radius 3 is 2.92 bits per heavy atom. The fourth-order valence-corrected chi connectivity index (χ4v) is 5.74. The fraction of sp³-hybridized carbons (Fsp3) is 0.583. The van der Waals surface area contributed by atoms with Crippen LogP contribution in [0.25, 0.3) is 5.65 Å². The van der Waals surface area contributed by atoms with E-state index in [1.807, 2.05) is 16.7 Å². The van der Waals surface area contributed by atoms with Gasteiger partial charge in [0.05, 0.1) is 31.2 Å². The molecule has 1 amide bonds. The van der Waals surface area contributed by atoms with Gasteiger partial charge in [0, 0.05) is 43.6 Å². The first-order valence-corrected chi connectivity index (χ1v) is 12.7. The van der Waals surface area contributed by atoms with Gasteiger partial charge in [-0.2, -0.15) is 5.10 Å². The lowest BCUT2D eigenvalue weighted by molar-refractivity contribution is -0.0528. The lowest BCUT2D eigenvalue weighted by atomic mass is 9.50. The van der Waals surface area contributed by atoms with Gasteiger partial charge in [-0.15, -0.1) is 0 Å². The number of fused-ring (bicyclic) bond motifs is 1. The molecule has 0 aromatic carbocycles. The van der Waals surface area contributed by atoms with Gasteiger partial charge in [0.1, 0.15) is 11.8 Å². The van der Waals surface area contributed by atoms with Gasteiger partial charge in [0.15, 0.2) is 18.1 Å². The molecule has 3 aromatic heterocycles. The summed E-state index contributed by atoms with van der Waals surface area (Å²) < 4.78 is 33.4. The third kappa shape index (κ3) is 4.30. The standard InChI is InChI=1S/C24H29FN8O4/c25-20-17(37-23(34)29-24-8-14(9-24)10-24)13-36-21(20)16-7-18(31-30-16)28-22-26-2-1-19-27-15(12-33(19)22)11-32-3-5-35-6-4-32/h1-2,7,12,14,17,20-21H,3-6,8-11,13H2,(H,29,34)(H2,26,28,30,31)/t14?,17-,20+,21-,24?/m0/s1. The predicted molar refractivity (Wildman–Crippen MR) is 128 cm³/mol. The van der Waals surface area contributed by atoms with Crippen LogP contribution in [0.3, 0.4) is 0 Å². The summed E-state index contributed by atoms with van der Waals surface area (Å²) in [5, 5.41) is 13.2. The number of aromatic amines is 1. The highest BCUT2D eigenvalue weighted by Crippen LogP contribution is 2.57. The Bertz CT molecular complexity index is 1290. The Hall–Kier alpha value is -3.29. The largest absolute Gasteiger partial charge is 0.441 e. The molecule has 3 saturated carbocycles. The Morgan fingerprint density at radius 2 is 2.14 bits per heavy atom. The minimum atomic E-state index is -1.51. The number of nitrogens with one attached hydrogen (secondary N) is 3. The summed E-state index contributed by atoms with van der Waals surface area (Å²) in [7, 11) is 0. The number of morpholine rings is 1. The molecule has 3 aromatic rings. The summed E-state index contributed by atoms with van der Waals surface area (Å²) in [4.78, 5) is 23.7. The van der Waals surface area contributed by atoms with Gasteiger partial charge >= 0.3 is 6.09 Å². The normalized spacial score (nSPS) is 31.1. The summed E-state index contributed by atoms with van der Waals surface area (Å²) in [6.07, 6.45) is 2.64. The molecule has 5 aliphatic rings. The molecular formula is C24H29FN8O4. The molecule has 3 atom stereocenters. The molecule has 0 spiro atoms. The molecule has 2 saturated heterocycles. The first kappa shape index (κ1) is 22.9. The molecule has 8 rings (SSSR count). The predicted octanol–water partition coefficient (Wildman–Crippen LogP) is 2.08. The highest BCUT2D eigenvalue weighted by atomic mass is 19.1. The number of alkyl halides is 1. The van der Waals surface area contributed by atoms with Crippen molar-refractivity contribution in [2.75, 3.05) is 38.2 Å². The first-order chi connectivity index (χ1) is 18.0. The van der Waals surface area contributed by atoms with Gasteiger partial charge in [0.25, 0.3) is 0 Å². The van der Waals surface area contributed by atoms with Crippen LogP contribution < -0.4 is 10.6 Å². The molecule has 3 N–H and O–H groups in total. The second-order valence-electron chi connectivity index (χ2n) is 10.5. The first-order valence-electron chi connectivity index (χ1n) is 12.7. The number of carbonyl (C=O) groups excluding carboxylic acids is 1. The molecule has 5 fully saturated rings. The number of amides is 1. The van der Waals surface area contributed by atoms with Crippen LogP contribution in [0, 0.1) is 5.92 Å². The number of anilines is 2. The van der Waals surface area contributed by atoms with E-state index >= 15 is 4.39 Å². The zero-order valence-corrected chi connectivity index (χ0v) is 20.2. The van der Waals surface area contributed by atoms with Crippen LogP contribution in [-0.4, -0.2) is 86.3 Å². The van der Waals surface area contributed by atoms with Crippen molar-refractivity contribution in [3.8, 4) is 0 Å². The van der Waals surface area contributed by atoms with E-state index in [0.717, 1.165) is 69.4 Å². The zero-order valence-electron chi connectivity index (χ0n) is 20.2. The minimum absolute atomic E-state index is 0.0154. The molecular weight excluding hydrogens is 483 g/mol. The van der Waals surface area contributed by atoms with Crippen molar-refractivity contribution in [1.29, 1.82) is 0 Å². The molecule has 3 aliphatic carbocycles. The summed E-state index contributed by atoms with van der Waals surface area (Å²) in [6, 6.07) is 3.52. The van der Waals surface area contributed by atoms with E-state index in [4.69, 9.17) is 19.2 Å². The summed E-state index contributed by atoms with van der Waals surface area (Å²) >= 11 is 0. The van der Waals surface area contributed by atoms with E-state index in [9.17, 15) is 4.79 Å². The number of alkyl carbamates (subject to hydrolysis) is 1. The van der Waals surface area contributed by atoms with Crippen LogP contribution in [0.5, 0.6) is 0 Å². The maximum atomic E-state index is 15.1. The third-order valence-electron chi connectivity index (χ3n) is 7.81. The number of rotatable bonds is 7. The van der Waals surface area contributed by atoms with Crippen LogP contribution >= 0.6 is 0 Å². The smallest absolute Gasteiger partial charge is 0.408 e. The van der Waals surface area contributed by atoms with E-state index in [0.29, 0.717) is 17.5 Å². The quantitative estimate of drug-likeness (QED) is 0.435. The molecule has 37 heavy (non-hydrogen) atoms. The minimum Gasteiger partial charge on any atom is -0.441 e. The molecule has 2 aliphatic heterocycles. The van der Waals surface area contributed by atoms with Crippen molar-refractivity contribution < 1.29 is 23.4 Å². The van der Waals surface area contributed by atoms with E-state index in [-0.39, 0.29) is 12.1 Å². The Kier molecular flexibility index (Phi) is 5.52. The third-order valence-corrected chi connectivity index (χ3v) is 7.81. The van der Waals surface area contributed by atoms with Crippen molar-refractivity contribution in [3.63, 3.8) is 0 Å². The van der Waals surface area contributed by atoms with Crippen molar-refractivity contribution >= 4 is 23.5 Å². The van der Waals surface area contributed by atoms with Gasteiger partial charge in [-0.05, 0) is 31.2 Å². The molecule has 2 bridgehead atoms. The van der Waals surface area contributed by atoms with Gasteiger partial charge in [-0.1, -0.05) is 0 Å². The SMILES string of the molecule is O=C(NC12CC(C1)C2)O[C@H]1CO[C@@H](c2cc(Nc3nccc4nc(CN5CCOCC5)cn34)n[nH]2)[C@@H]1F. The summed E-state index contributed by atoms with van der Waals surface area (Å²) in [5.41, 5.74) is 2.03. The van der Waals surface area contributed by atoms with Crippen LogP contribution in [0.2, 0.25) is 0 Å². The fourth-order valence-electron chi connectivity index (χ4n) is 5.74. The zero-order chi connectivity index (χ0) is 25.0. The number of hydrogen-bond acceptors (Lipinski definition) is 9. The number of H-pyrrole nitrogens is 1. The summed E-state index contributed by atoms with van der Waals surface area (Å²) in [5.74, 6) is 1.72. The Balaban J connectivity index is 0.996. The highest BCUT2D eigenvalue weighted by Gasteiger charge is 2.58. The second kappa shape index (κ2) is 8.92. The number of halogens is 1. The van der Waals surface area contributed by atoms with Crippen molar-refractivity contribution in [2.45, 2.75) is 49.7 Å². The average molecular weight is 513 g/mol. The monoisotopic (exact) mass is 512 g/mol. The molecule has 13 heteroatoms. The van der Waals surface area contributed by atoms with E-state index in [2.05, 4.69) is 30.7 Å². The second-order valence-corrected chi connectivity index (χ2v) is 10.5. The number of carbonyl (C=O) groups is 1. The Morgan fingerprint density at radius 1 is 1.30 bits per heavy atom. The molecule has 196 valence electrons. The topological polar surface area (TPSA) is 131 Å². The Labute approximate surface area is 211 Å².